The van der Waals surface area contributed by atoms with Crippen molar-refractivity contribution in [1.82, 2.24) is 0 Å². The van der Waals surface area contributed by atoms with Crippen molar-refractivity contribution in [3.63, 3.8) is 0 Å². The highest BCUT2D eigenvalue weighted by atomic mass is 32.2. The Morgan fingerprint density at radius 2 is 1.68 bits per heavy atom. The Hall–Kier alpha value is -1.39. The van der Waals surface area contributed by atoms with Crippen molar-refractivity contribution < 1.29 is 8.78 Å². The summed E-state index contributed by atoms with van der Waals surface area (Å²) in [6.07, 6.45) is 0. The Balaban J connectivity index is 2.03. The molecular weight excluding hydrogens is 264 g/mol. The SMILES string of the molecule is Cc1ccc(F)cc1C(N)CSc1ccc(F)cc1. The molecule has 100 valence electrons. The maximum atomic E-state index is 13.2. The smallest absolute Gasteiger partial charge is 0.123 e. The van der Waals surface area contributed by atoms with E-state index in [9.17, 15) is 8.78 Å². The minimum atomic E-state index is -0.275. The van der Waals surface area contributed by atoms with E-state index < -0.39 is 0 Å². The maximum Gasteiger partial charge on any atom is 0.123 e. The molecule has 4 heteroatoms. The molecule has 0 aliphatic rings. The Labute approximate surface area is 115 Å². The molecule has 2 rings (SSSR count). The zero-order chi connectivity index (χ0) is 13.8. The van der Waals surface area contributed by atoms with Crippen LogP contribution >= 0.6 is 11.8 Å². The van der Waals surface area contributed by atoms with Crippen LogP contribution in [-0.2, 0) is 0 Å². The number of rotatable bonds is 4. The second-order valence-corrected chi connectivity index (χ2v) is 5.47. The maximum absolute atomic E-state index is 13.2. The lowest BCUT2D eigenvalue weighted by molar-refractivity contribution is 0.621. The van der Waals surface area contributed by atoms with Crippen LogP contribution < -0.4 is 5.73 Å². The van der Waals surface area contributed by atoms with Gasteiger partial charge in [-0.2, -0.15) is 0 Å². The molecule has 2 aromatic rings. The summed E-state index contributed by atoms with van der Waals surface area (Å²) in [4.78, 5) is 0.950. The largest absolute Gasteiger partial charge is 0.323 e. The van der Waals surface area contributed by atoms with Gasteiger partial charge in [-0.1, -0.05) is 6.07 Å². The predicted octanol–water partition coefficient (Wildman–Crippen LogP) is 4.07. The van der Waals surface area contributed by atoms with Crippen LogP contribution in [0.15, 0.2) is 47.4 Å². The molecular formula is C15H15F2NS. The van der Waals surface area contributed by atoms with Crippen molar-refractivity contribution in [1.29, 1.82) is 0 Å². The highest BCUT2D eigenvalue weighted by Gasteiger charge is 2.10. The summed E-state index contributed by atoms with van der Waals surface area (Å²) in [5.41, 5.74) is 7.88. The third kappa shape index (κ3) is 3.78. The first-order chi connectivity index (χ1) is 9.06. The molecule has 0 fully saturated rings. The van der Waals surface area contributed by atoms with Crippen LogP contribution in [0.1, 0.15) is 17.2 Å². The minimum absolute atomic E-state index is 0.245. The van der Waals surface area contributed by atoms with E-state index in [0.29, 0.717) is 5.75 Å². The average Bonchev–Trinajstić information content (AvgIpc) is 2.40. The summed E-state index contributed by atoms with van der Waals surface area (Å²) in [7, 11) is 0. The standard InChI is InChI=1S/C15H15F2NS/c1-10-2-3-12(17)8-14(10)15(18)9-19-13-6-4-11(16)5-7-13/h2-8,15H,9,18H2,1H3. The lowest BCUT2D eigenvalue weighted by atomic mass is 10.0. The van der Waals surface area contributed by atoms with Gasteiger partial charge in [-0.3, -0.25) is 0 Å². The molecule has 0 aliphatic carbocycles. The number of aryl methyl sites for hydroxylation is 1. The number of nitrogens with two attached hydrogens (primary N) is 1. The molecule has 1 atom stereocenters. The van der Waals surface area contributed by atoms with Crippen LogP contribution in [0.4, 0.5) is 8.78 Å². The predicted molar refractivity (Wildman–Crippen MR) is 75.2 cm³/mol. The van der Waals surface area contributed by atoms with Crippen LogP contribution in [0.5, 0.6) is 0 Å². The number of hydrogen-bond acceptors (Lipinski definition) is 2. The highest BCUT2D eigenvalue weighted by Crippen LogP contribution is 2.25. The van der Waals surface area contributed by atoms with Crippen molar-refractivity contribution in [2.75, 3.05) is 5.75 Å². The highest BCUT2D eigenvalue weighted by molar-refractivity contribution is 7.99. The fourth-order valence-corrected chi connectivity index (χ4v) is 2.70. The van der Waals surface area contributed by atoms with Gasteiger partial charge < -0.3 is 5.73 Å². The summed E-state index contributed by atoms with van der Waals surface area (Å²) < 4.78 is 26.0. The van der Waals surface area contributed by atoms with E-state index in [-0.39, 0.29) is 17.7 Å². The monoisotopic (exact) mass is 279 g/mol. The van der Waals surface area contributed by atoms with Crippen LogP contribution in [0.25, 0.3) is 0 Å². The zero-order valence-electron chi connectivity index (χ0n) is 10.6. The Bertz CT molecular complexity index is 555. The van der Waals surface area contributed by atoms with Gasteiger partial charge in [-0.25, -0.2) is 8.78 Å². The molecule has 0 bridgehead atoms. The molecule has 1 unspecified atom stereocenters. The molecule has 0 radical (unpaired) electrons. The van der Waals surface area contributed by atoms with Crippen LogP contribution in [-0.4, -0.2) is 5.75 Å². The van der Waals surface area contributed by atoms with Gasteiger partial charge >= 0.3 is 0 Å². The van der Waals surface area contributed by atoms with Crippen molar-refractivity contribution >= 4 is 11.8 Å². The second-order valence-electron chi connectivity index (χ2n) is 4.37. The van der Waals surface area contributed by atoms with Gasteiger partial charge in [0, 0.05) is 16.7 Å². The molecule has 0 heterocycles. The van der Waals surface area contributed by atoms with Gasteiger partial charge in [0.05, 0.1) is 0 Å². The van der Waals surface area contributed by atoms with Gasteiger partial charge in [0.1, 0.15) is 11.6 Å². The third-order valence-electron chi connectivity index (χ3n) is 2.88. The van der Waals surface area contributed by atoms with Gasteiger partial charge in [0.2, 0.25) is 0 Å². The molecule has 2 N–H and O–H groups in total. The molecule has 0 amide bonds. The Morgan fingerprint density at radius 1 is 1.05 bits per heavy atom. The van der Waals surface area contributed by atoms with E-state index >= 15 is 0 Å². The zero-order valence-corrected chi connectivity index (χ0v) is 11.4. The minimum Gasteiger partial charge on any atom is -0.323 e. The van der Waals surface area contributed by atoms with Crippen molar-refractivity contribution in [3.05, 3.63) is 65.2 Å². The molecule has 19 heavy (non-hydrogen) atoms. The van der Waals surface area contributed by atoms with Gasteiger partial charge in [-0.05, 0) is 54.4 Å². The summed E-state index contributed by atoms with van der Waals surface area (Å²) in [5.74, 6) is 0.0908. The summed E-state index contributed by atoms with van der Waals surface area (Å²) >= 11 is 1.53. The van der Waals surface area contributed by atoms with E-state index in [1.807, 2.05) is 6.92 Å². The quantitative estimate of drug-likeness (QED) is 0.854. The molecule has 0 spiro atoms. The van der Waals surface area contributed by atoms with Crippen molar-refractivity contribution in [3.8, 4) is 0 Å². The van der Waals surface area contributed by atoms with Crippen LogP contribution in [0.2, 0.25) is 0 Å². The molecule has 0 saturated carbocycles. The van der Waals surface area contributed by atoms with Crippen LogP contribution in [0, 0.1) is 18.6 Å². The first-order valence-electron chi connectivity index (χ1n) is 5.96. The fourth-order valence-electron chi connectivity index (χ4n) is 1.82. The van der Waals surface area contributed by atoms with Crippen LogP contribution in [0.3, 0.4) is 0 Å². The Kier molecular flexibility index (Phi) is 4.56. The van der Waals surface area contributed by atoms with Crippen molar-refractivity contribution in [2.24, 2.45) is 5.73 Å². The van der Waals surface area contributed by atoms with E-state index in [0.717, 1.165) is 16.0 Å². The molecule has 0 aliphatic heterocycles. The normalized spacial score (nSPS) is 12.4. The average molecular weight is 279 g/mol. The van der Waals surface area contributed by atoms with Crippen molar-refractivity contribution in [2.45, 2.75) is 17.9 Å². The number of halogens is 2. The first kappa shape index (κ1) is 14.0. The Morgan fingerprint density at radius 3 is 2.37 bits per heavy atom. The summed E-state index contributed by atoms with van der Waals surface area (Å²) in [5, 5.41) is 0. The molecule has 0 aromatic heterocycles. The summed E-state index contributed by atoms with van der Waals surface area (Å²) in [6.45, 7) is 1.91. The number of hydrogen-bond donors (Lipinski definition) is 1. The van der Waals surface area contributed by atoms with Gasteiger partial charge in [-0.15, -0.1) is 11.8 Å². The third-order valence-corrected chi connectivity index (χ3v) is 4.02. The first-order valence-corrected chi connectivity index (χ1v) is 6.95. The fraction of sp³-hybridized carbons (Fsp3) is 0.200. The number of benzene rings is 2. The lowest BCUT2D eigenvalue weighted by Crippen LogP contribution is -2.14. The van der Waals surface area contributed by atoms with E-state index in [1.54, 1.807) is 18.2 Å². The second kappa shape index (κ2) is 6.17. The molecule has 0 saturated heterocycles. The topological polar surface area (TPSA) is 26.0 Å². The van der Waals surface area contributed by atoms with Gasteiger partial charge in [0.25, 0.3) is 0 Å². The van der Waals surface area contributed by atoms with E-state index in [2.05, 4.69) is 0 Å². The van der Waals surface area contributed by atoms with E-state index in [1.165, 1.54) is 36.0 Å². The molecule has 2 aromatic carbocycles. The van der Waals surface area contributed by atoms with E-state index in [4.69, 9.17) is 5.73 Å². The summed E-state index contributed by atoms with van der Waals surface area (Å²) in [6, 6.07) is 10.7. The molecule has 1 nitrogen and oxygen atoms in total. The van der Waals surface area contributed by atoms with Gasteiger partial charge in [0.15, 0.2) is 0 Å². The number of thioether (sulfide) groups is 1. The lowest BCUT2D eigenvalue weighted by Gasteiger charge is -2.14.